The van der Waals surface area contributed by atoms with Crippen molar-refractivity contribution < 1.29 is 22.7 Å². The number of halogens is 3. The van der Waals surface area contributed by atoms with Gasteiger partial charge in [0.25, 0.3) is 5.91 Å². The molecule has 0 fully saturated rings. The van der Waals surface area contributed by atoms with Crippen LogP contribution >= 0.6 is 11.6 Å². The number of hydrogen-bond donors (Lipinski definition) is 0. The molecule has 0 saturated carbocycles. The van der Waals surface area contributed by atoms with Crippen LogP contribution in [0.3, 0.4) is 0 Å². The number of carbonyl (C=O) groups excluding carboxylic acids is 1. The Morgan fingerprint density at radius 3 is 2.52 bits per heavy atom. The van der Waals surface area contributed by atoms with Crippen molar-refractivity contribution >= 4 is 17.5 Å². The van der Waals surface area contributed by atoms with Gasteiger partial charge in [0, 0.05) is 13.6 Å². The van der Waals surface area contributed by atoms with E-state index in [0.29, 0.717) is 6.54 Å². The van der Waals surface area contributed by atoms with Crippen LogP contribution in [0.2, 0.25) is 5.22 Å². The van der Waals surface area contributed by atoms with E-state index in [1.54, 1.807) is 19.2 Å². The van der Waals surface area contributed by atoms with Crippen molar-refractivity contribution in [2.24, 2.45) is 0 Å². The Morgan fingerprint density at radius 2 is 2.00 bits per heavy atom. The zero-order valence-corrected chi connectivity index (χ0v) is 11.8. The highest BCUT2D eigenvalue weighted by Crippen LogP contribution is 2.20. The number of furan rings is 1. The molecule has 7 heteroatoms. The highest BCUT2D eigenvalue weighted by molar-refractivity contribution is 6.32. The molecular formula is C14H12ClF2NO3. The molecule has 0 bridgehead atoms. The molecule has 0 saturated heterocycles. The Bertz CT molecular complexity index is 613. The molecule has 1 aromatic heterocycles. The van der Waals surface area contributed by atoms with Crippen molar-refractivity contribution in [1.29, 1.82) is 0 Å². The molecule has 1 aromatic carbocycles. The van der Waals surface area contributed by atoms with Gasteiger partial charge in [0.05, 0.1) is 11.8 Å². The minimum atomic E-state index is -2.86. The van der Waals surface area contributed by atoms with Crippen LogP contribution in [0.25, 0.3) is 0 Å². The minimum absolute atomic E-state index is 0.0348. The van der Waals surface area contributed by atoms with Gasteiger partial charge in [-0.15, -0.1) is 0 Å². The topological polar surface area (TPSA) is 42.7 Å². The van der Waals surface area contributed by atoms with Crippen molar-refractivity contribution in [1.82, 2.24) is 4.90 Å². The number of benzene rings is 1. The number of alkyl halides is 2. The van der Waals surface area contributed by atoms with E-state index in [1.807, 2.05) is 0 Å². The lowest BCUT2D eigenvalue weighted by Crippen LogP contribution is -2.26. The molecule has 0 radical (unpaired) electrons. The fraction of sp³-hybridized carbons (Fsp3) is 0.214. The van der Waals surface area contributed by atoms with Gasteiger partial charge in [0.2, 0.25) is 5.22 Å². The van der Waals surface area contributed by atoms with Gasteiger partial charge >= 0.3 is 6.61 Å². The molecule has 0 aliphatic carbocycles. The smallest absolute Gasteiger partial charge is 0.387 e. The van der Waals surface area contributed by atoms with E-state index in [4.69, 9.17) is 16.0 Å². The summed E-state index contributed by atoms with van der Waals surface area (Å²) in [7, 11) is 1.61. The summed E-state index contributed by atoms with van der Waals surface area (Å²) in [6, 6.07) is 7.55. The van der Waals surface area contributed by atoms with Crippen LogP contribution in [-0.2, 0) is 6.54 Å². The first-order valence-electron chi connectivity index (χ1n) is 5.99. The lowest BCUT2D eigenvalue weighted by Gasteiger charge is -2.16. The largest absolute Gasteiger partial charge is 0.452 e. The van der Waals surface area contributed by atoms with Gasteiger partial charge < -0.3 is 14.1 Å². The first-order chi connectivity index (χ1) is 9.97. The average molecular weight is 316 g/mol. The van der Waals surface area contributed by atoms with Crippen molar-refractivity contribution in [2.45, 2.75) is 13.2 Å². The third-order valence-corrected chi connectivity index (χ3v) is 3.06. The summed E-state index contributed by atoms with van der Waals surface area (Å²) < 4.78 is 33.2. The van der Waals surface area contributed by atoms with Crippen LogP contribution in [0, 0.1) is 0 Å². The second kappa shape index (κ2) is 6.58. The van der Waals surface area contributed by atoms with Crippen molar-refractivity contribution in [2.75, 3.05) is 7.05 Å². The van der Waals surface area contributed by atoms with Gasteiger partial charge in [-0.1, -0.05) is 12.1 Å². The maximum absolute atomic E-state index is 12.1. The molecule has 0 spiro atoms. The highest BCUT2D eigenvalue weighted by atomic mass is 35.5. The number of carbonyl (C=O) groups is 1. The summed E-state index contributed by atoms with van der Waals surface area (Å²) in [4.78, 5) is 13.5. The summed E-state index contributed by atoms with van der Waals surface area (Å²) in [6.07, 6.45) is 1.33. The summed E-state index contributed by atoms with van der Waals surface area (Å²) in [5, 5.41) is 0.0348. The van der Waals surface area contributed by atoms with Gasteiger partial charge in [0.15, 0.2) is 0 Å². The normalized spacial score (nSPS) is 10.7. The number of amides is 1. The van der Waals surface area contributed by atoms with E-state index in [0.717, 1.165) is 5.56 Å². The summed E-state index contributed by atoms with van der Waals surface area (Å²) >= 11 is 5.75. The molecular weight excluding hydrogens is 304 g/mol. The monoisotopic (exact) mass is 315 g/mol. The molecule has 2 aromatic rings. The number of nitrogens with zero attached hydrogens (tertiary/aromatic N) is 1. The first kappa shape index (κ1) is 15.3. The Hall–Kier alpha value is -2.08. The molecule has 112 valence electrons. The molecule has 21 heavy (non-hydrogen) atoms. The second-order valence-corrected chi connectivity index (χ2v) is 4.63. The lowest BCUT2D eigenvalue weighted by atomic mass is 10.2. The van der Waals surface area contributed by atoms with E-state index < -0.39 is 6.61 Å². The van der Waals surface area contributed by atoms with Crippen LogP contribution in [0.15, 0.2) is 41.0 Å². The molecule has 2 rings (SSSR count). The standard InChI is InChI=1S/C14H12ClF2NO3/c1-18(13(19)11-6-7-20-12(11)15)8-9-2-4-10(5-3-9)21-14(16)17/h2-7,14H,8H2,1H3. The van der Waals surface area contributed by atoms with Crippen LogP contribution in [0.1, 0.15) is 15.9 Å². The molecule has 0 aliphatic heterocycles. The molecule has 1 heterocycles. The predicted molar refractivity (Wildman–Crippen MR) is 72.6 cm³/mol. The van der Waals surface area contributed by atoms with Crippen LogP contribution in [0.4, 0.5) is 8.78 Å². The Balaban J connectivity index is 2.01. The van der Waals surface area contributed by atoms with Gasteiger partial charge in [-0.3, -0.25) is 4.79 Å². The van der Waals surface area contributed by atoms with Crippen molar-refractivity contribution in [3.8, 4) is 5.75 Å². The van der Waals surface area contributed by atoms with E-state index >= 15 is 0 Å². The zero-order valence-electron chi connectivity index (χ0n) is 11.1. The Morgan fingerprint density at radius 1 is 1.33 bits per heavy atom. The van der Waals surface area contributed by atoms with Gasteiger partial charge in [0.1, 0.15) is 5.75 Å². The van der Waals surface area contributed by atoms with E-state index in [-0.39, 0.29) is 22.4 Å². The van der Waals surface area contributed by atoms with Crippen molar-refractivity contribution in [3.05, 3.63) is 52.9 Å². The third-order valence-electron chi connectivity index (χ3n) is 2.76. The van der Waals surface area contributed by atoms with Crippen LogP contribution in [0.5, 0.6) is 5.75 Å². The number of hydrogen-bond acceptors (Lipinski definition) is 3. The lowest BCUT2D eigenvalue weighted by molar-refractivity contribution is -0.0498. The highest BCUT2D eigenvalue weighted by Gasteiger charge is 2.17. The molecule has 0 N–H and O–H groups in total. The quantitative estimate of drug-likeness (QED) is 0.842. The van der Waals surface area contributed by atoms with Crippen LogP contribution in [-0.4, -0.2) is 24.5 Å². The van der Waals surface area contributed by atoms with E-state index in [2.05, 4.69) is 4.74 Å². The molecule has 0 unspecified atom stereocenters. The van der Waals surface area contributed by atoms with Crippen LogP contribution < -0.4 is 4.74 Å². The summed E-state index contributed by atoms with van der Waals surface area (Å²) in [5.74, 6) is -0.220. The summed E-state index contributed by atoms with van der Waals surface area (Å²) in [5.41, 5.74) is 1.05. The zero-order chi connectivity index (χ0) is 15.4. The second-order valence-electron chi connectivity index (χ2n) is 4.29. The molecule has 4 nitrogen and oxygen atoms in total. The maximum Gasteiger partial charge on any atom is 0.387 e. The average Bonchev–Trinajstić information content (AvgIpc) is 2.85. The fourth-order valence-electron chi connectivity index (χ4n) is 1.77. The van der Waals surface area contributed by atoms with E-state index in [9.17, 15) is 13.6 Å². The maximum atomic E-state index is 12.1. The van der Waals surface area contributed by atoms with Crippen molar-refractivity contribution in [3.63, 3.8) is 0 Å². The van der Waals surface area contributed by atoms with Gasteiger partial charge in [-0.05, 0) is 35.4 Å². The molecule has 0 aliphatic rings. The SMILES string of the molecule is CN(Cc1ccc(OC(F)F)cc1)C(=O)c1ccoc1Cl. The number of ether oxygens (including phenoxy) is 1. The number of rotatable bonds is 5. The van der Waals surface area contributed by atoms with E-state index in [1.165, 1.54) is 29.4 Å². The Kier molecular flexibility index (Phi) is 4.80. The molecule has 1 amide bonds. The third kappa shape index (κ3) is 3.95. The Labute approximate surface area is 124 Å². The van der Waals surface area contributed by atoms with Gasteiger partial charge in [-0.25, -0.2) is 0 Å². The first-order valence-corrected chi connectivity index (χ1v) is 6.37. The molecule has 0 atom stereocenters. The summed E-state index contributed by atoms with van der Waals surface area (Å²) in [6.45, 7) is -2.56. The fourth-order valence-corrected chi connectivity index (χ4v) is 1.97. The predicted octanol–water partition coefficient (Wildman–Crippen LogP) is 3.81. The van der Waals surface area contributed by atoms with Gasteiger partial charge in [-0.2, -0.15) is 8.78 Å². The minimum Gasteiger partial charge on any atom is -0.452 e.